The van der Waals surface area contributed by atoms with Crippen molar-refractivity contribution in [3.8, 4) is 11.3 Å². The predicted octanol–water partition coefficient (Wildman–Crippen LogP) is 3.26. The highest BCUT2D eigenvalue weighted by atomic mass is 35.5. The minimum Gasteiger partial charge on any atom is -0.397 e. The van der Waals surface area contributed by atoms with E-state index in [1.165, 1.54) is 11.3 Å². The van der Waals surface area contributed by atoms with E-state index in [-0.39, 0.29) is 5.91 Å². The summed E-state index contributed by atoms with van der Waals surface area (Å²) in [6.45, 7) is 4.68. The quantitative estimate of drug-likeness (QED) is 0.667. The van der Waals surface area contributed by atoms with Gasteiger partial charge in [-0.15, -0.1) is 11.3 Å². The standard InChI is InChI=1S/C20H21ClN4O2S/c21-14-3-1-13(2-4-14)16-6-5-15-17(22)18(28-20(15)24-16)19(26)23-7-8-25-9-11-27-12-10-25/h1-6H,7-12,22H2,(H,23,26). The van der Waals surface area contributed by atoms with Gasteiger partial charge in [-0.25, -0.2) is 4.98 Å². The average Bonchev–Trinajstić information content (AvgIpc) is 3.05. The summed E-state index contributed by atoms with van der Waals surface area (Å²) in [5.41, 5.74) is 8.50. The molecule has 1 aliphatic rings. The maximum Gasteiger partial charge on any atom is 0.263 e. The fraction of sp³-hybridized carbons (Fsp3) is 0.300. The second kappa shape index (κ2) is 8.45. The van der Waals surface area contributed by atoms with Gasteiger partial charge in [0.1, 0.15) is 9.71 Å². The maximum absolute atomic E-state index is 12.6. The Morgan fingerprint density at radius 2 is 1.96 bits per heavy atom. The molecule has 1 amide bonds. The summed E-state index contributed by atoms with van der Waals surface area (Å²) in [5, 5.41) is 4.46. The van der Waals surface area contributed by atoms with E-state index in [1.54, 1.807) is 0 Å². The number of carbonyl (C=O) groups excluding carboxylic acids is 1. The highest BCUT2D eigenvalue weighted by molar-refractivity contribution is 7.21. The van der Waals surface area contributed by atoms with E-state index in [4.69, 9.17) is 22.1 Å². The van der Waals surface area contributed by atoms with Crippen LogP contribution in [0.4, 0.5) is 5.69 Å². The number of fused-ring (bicyclic) bond motifs is 1. The number of benzene rings is 1. The predicted molar refractivity (Wildman–Crippen MR) is 114 cm³/mol. The molecular formula is C20H21ClN4O2S. The van der Waals surface area contributed by atoms with E-state index in [9.17, 15) is 4.79 Å². The van der Waals surface area contributed by atoms with Gasteiger partial charge in [0.05, 0.1) is 24.6 Å². The number of morpholine rings is 1. The number of hydrogen-bond donors (Lipinski definition) is 2. The first-order valence-electron chi connectivity index (χ1n) is 9.15. The lowest BCUT2D eigenvalue weighted by Gasteiger charge is -2.26. The van der Waals surface area contributed by atoms with Gasteiger partial charge in [-0.2, -0.15) is 0 Å². The van der Waals surface area contributed by atoms with Crippen molar-refractivity contribution in [3.05, 3.63) is 46.3 Å². The Kier molecular flexibility index (Phi) is 5.77. The molecule has 1 fully saturated rings. The molecule has 0 aliphatic carbocycles. The number of amides is 1. The van der Waals surface area contributed by atoms with Crippen LogP contribution in [0.3, 0.4) is 0 Å². The van der Waals surface area contributed by atoms with Crippen LogP contribution >= 0.6 is 22.9 Å². The summed E-state index contributed by atoms with van der Waals surface area (Å²) < 4.78 is 5.34. The van der Waals surface area contributed by atoms with Gasteiger partial charge in [0.25, 0.3) is 5.91 Å². The minimum atomic E-state index is -0.151. The number of ether oxygens (including phenoxy) is 1. The van der Waals surface area contributed by atoms with Crippen LogP contribution < -0.4 is 11.1 Å². The molecule has 0 saturated carbocycles. The fourth-order valence-corrected chi connectivity index (χ4v) is 4.32. The fourth-order valence-electron chi connectivity index (χ4n) is 3.18. The number of nitrogens with one attached hydrogen (secondary N) is 1. The van der Waals surface area contributed by atoms with Crippen LogP contribution in [0.5, 0.6) is 0 Å². The summed E-state index contributed by atoms with van der Waals surface area (Å²) >= 11 is 7.28. The molecular weight excluding hydrogens is 396 g/mol. The third kappa shape index (κ3) is 4.12. The minimum absolute atomic E-state index is 0.151. The van der Waals surface area contributed by atoms with Gasteiger partial charge in [-0.3, -0.25) is 9.69 Å². The van der Waals surface area contributed by atoms with Crippen molar-refractivity contribution < 1.29 is 9.53 Å². The number of nitrogens with two attached hydrogens (primary N) is 1. The van der Waals surface area contributed by atoms with Crippen molar-refractivity contribution in [1.29, 1.82) is 0 Å². The van der Waals surface area contributed by atoms with Gasteiger partial charge in [-0.1, -0.05) is 23.7 Å². The second-order valence-corrected chi connectivity index (χ2v) is 8.05. The monoisotopic (exact) mass is 416 g/mol. The average molecular weight is 417 g/mol. The van der Waals surface area contributed by atoms with Crippen molar-refractivity contribution in [1.82, 2.24) is 15.2 Å². The first-order chi connectivity index (χ1) is 13.6. The number of carbonyl (C=O) groups is 1. The lowest BCUT2D eigenvalue weighted by Crippen LogP contribution is -2.41. The van der Waals surface area contributed by atoms with E-state index in [0.29, 0.717) is 22.1 Å². The van der Waals surface area contributed by atoms with Crippen LogP contribution in [-0.4, -0.2) is 55.2 Å². The molecule has 0 radical (unpaired) electrons. The molecule has 8 heteroatoms. The Bertz CT molecular complexity index is 984. The van der Waals surface area contributed by atoms with Crippen LogP contribution in [0.25, 0.3) is 21.5 Å². The van der Waals surface area contributed by atoms with Gasteiger partial charge in [0.15, 0.2) is 0 Å². The van der Waals surface area contributed by atoms with Crippen LogP contribution in [0, 0.1) is 0 Å². The van der Waals surface area contributed by atoms with Gasteiger partial charge in [0.2, 0.25) is 0 Å². The molecule has 4 rings (SSSR count). The van der Waals surface area contributed by atoms with Gasteiger partial charge in [-0.05, 0) is 24.3 Å². The van der Waals surface area contributed by atoms with Crippen LogP contribution in [0.2, 0.25) is 5.02 Å². The number of aromatic nitrogens is 1. The van der Waals surface area contributed by atoms with Crippen molar-refractivity contribution in [2.24, 2.45) is 0 Å². The van der Waals surface area contributed by atoms with E-state index in [1.807, 2.05) is 36.4 Å². The Balaban J connectivity index is 1.48. The SMILES string of the molecule is Nc1c(C(=O)NCCN2CCOCC2)sc2nc(-c3ccc(Cl)cc3)ccc12. The molecule has 6 nitrogen and oxygen atoms in total. The molecule has 2 aromatic heterocycles. The molecule has 0 bridgehead atoms. The molecule has 1 aliphatic heterocycles. The molecule has 1 aromatic carbocycles. The maximum atomic E-state index is 12.6. The van der Waals surface area contributed by atoms with Gasteiger partial charge >= 0.3 is 0 Å². The van der Waals surface area contributed by atoms with Gasteiger partial charge < -0.3 is 15.8 Å². The van der Waals surface area contributed by atoms with Crippen molar-refractivity contribution >= 4 is 44.7 Å². The highest BCUT2D eigenvalue weighted by Crippen LogP contribution is 2.34. The number of thiophene rings is 1. The Labute approximate surface area is 172 Å². The molecule has 0 atom stereocenters. The number of nitrogen functional groups attached to an aromatic ring is 1. The van der Waals surface area contributed by atoms with Crippen LogP contribution in [-0.2, 0) is 4.74 Å². The molecule has 146 valence electrons. The van der Waals surface area contributed by atoms with Crippen LogP contribution in [0.15, 0.2) is 36.4 Å². The summed E-state index contributed by atoms with van der Waals surface area (Å²) in [6, 6.07) is 11.3. The van der Waals surface area contributed by atoms with Crippen LogP contribution in [0.1, 0.15) is 9.67 Å². The number of pyridine rings is 1. The van der Waals surface area contributed by atoms with Crippen molar-refractivity contribution in [2.75, 3.05) is 45.1 Å². The Hall–Kier alpha value is -2.19. The highest BCUT2D eigenvalue weighted by Gasteiger charge is 2.18. The molecule has 0 unspecified atom stereocenters. The zero-order chi connectivity index (χ0) is 19.5. The summed E-state index contributed by atoms with van der Waals surface area (Å²) in [6.07, 6.45) is 0. The third-order valence-corrected chi connectivity index (χ3v) is 6.12. The number of hydrogen-bond acceptors (Lipinski definition) is 6. The molecule has 28 heavy (non-hydrogen) atoms. The topological polar surface area (TPSA) is 80.5 Å². The lowest BCUT2D eigenvalue weighted by atomic mass is 10.1. The Morgan fingerprint density at radius 3 is 2.71 bits per heavy atom. The van der Waals surface area contributed by atoms with Crippen molar-refractivity contribution in [2.45, 2.75) is 0 Å². The molecule has 3 heterocycles. The van der Waals surface area contributed by atoms with Crippen molar-refractivity contribution in [3.63, 3.8) is 0 Å². The number of halogens is 1. The summed E-state index contributed by atoms with van der Waals surface area (Å²) in [7, 11) is 0. The largest absolute Gasteiger partial charge is 0.397 e. The lowest BCUT2D eigenvalue weighted by molar-refractivity contribution is 0.0383. The number of rotatable bonds is 5. The first kappa shape index (κ1) is 19.1. The zero-order valence-electron chi connectivity index (χ0n) is 15.3. The molecule has 1 saturated heterocycles. The number of anilines is 1. The molecule has 0 spiro atoms. The number of nitrogens with zero attached hydrogens (tertiary/aromatic N) is 2. The zero-order valence-corrected chi connectivity index (χ0v) is 16.9. The first-order valence-corrected chi connectivity index (χ1v) is 10.3. The van der Waals surface area contributed by atoms with E-state index in [2.05, 4.69) is 15.2 Å². The normalized spacial score (nSPS) is 15.0. The van der Waals surface area contributed by atoms with Gasteiger partial charge in [0, 0.05) is 42.2 Å². The Morgan fingerprint density at radius 1 is 1.21 bits per heavy atom. The van der Waals surface area contributed by atoms with E-state index < -0.39 is 0 Å². The third-order valence-electron chi connectivity index (χ3n) is 4.76. The second-order valence-electron chi connectivity index (χ2n) is 6.61. The summed E-state index contributed by atoms with van der Waals surface area (Å²) in [4.78, 5) is 20.8. The molecule has 3 N–H and O–H groups in total. The molecule has 3 aromatic rings. The summed E-state index contributed by atoms with van der Waals surface area (Å²) in [5.74, 6) is -0.151. The van der Waals surface area contributed by atoms with E-state index >= 15 is 0 Å². The van der Waals surface area contributed by atoms with E-state index in [0.717, 1.165) is 54.3 Å². The smallest absolute Gasteiger partial charge is 0.263 e.